The van der Waals surface area contributed by atoms with Crippen LogP contribution in [0.1, 0.15) is 42.9 Å². The van der Waals surface area contributed by atoms with E-state index in [1.807, 2.05) is 0 Å². The first kappa shape index (κ1) is 32.3. The molecule has 44 heavy (non-hydrogen) atoms. The summed E-state index contributed by atoms with van der Waals surface area (Å²) in [5.74, 6) is -2.35. The first-order chi connectivity index (χ1) is 20.3. The highest BCUT2D eigenvalue weighted by molar-refractivity contribution is 7.92. The van der Waals surface area contributed by atoms with Crippen molar-refractivity contribution in [2.45, 2.75) is 71.5 Å². The number of hydrogen-bond acceptors (Lipinski definition) is 6. The molecule has 2 N–H and O–H groups in total. The Bertz CT molecular complexity index is 1750. The smallest absolute Gasteiger partial charge is 0.249 e. The molecule has 1 heterocycles. The lowest BCUT2D eigenvalue weighted by Crippen LogP contribution is -2.51. The molecule has 2 aliphatic rings. The van der Waals surface area contributed by atoms with E-state index in [9.17, 15) is 52.0 Å². The molecule has 1 unspecified atom stereocenters. The number of benzene rings is 2. The molecule has 240 valence electrons. The van der Waals surface area contributed by atoms with Crippen molar-refractivity contribution in [1.82, 2.24) is 19.9 Å². The van der Waals surface area contributed by atoms with Gasteiger partial charge in [0.15, 0.2) is 9.84 Å². The summed E-state index contributed by atoms with van der Waals surface area (Å²) in [6.45, 7) is 1.49. The summed E-state index contributed by atoms with van der Waals surface area (Å²) in [7, 11) is -8.80. The Morgan fingerprint density at radius 1 is 0.955 bits per heavy atom. The summed E-state index contributed by atoms with van der Waals surface area (Å²) >= 11 is 0. The standard InChI is InChI=1S/C26H24F8N4O4S2/c1-14(38-44(41,42)22-35-13-36-37-22)19-10-11-23(43(39,40)18-6-4-17(27)5-7-18)20-9-3-16(12-15(20)2-8-21(19)23)24(28,25(29,30)31)26(32,33)34/h3-7,9,12-14,19,21,38H,2,8,10-11H2,1H3,(H,35,36,37)/t14?,19-,21-,23+/m0/s1. The Labute approximate surface area is 246 Å². The summed E-state index contributed by atoms with van der Waals surface area (Å²) < 4.78 is 165. The summed E-state index contributed by atoms with van der Waals surface area (Å²) in [6, 6.07) is 4.28. The number of sulfone groups is 1. The average Bonchev–Trinajstić information content (AvgIpc) is 3.61. The number of hydrogen-bond donors (Lipinski definition) is 2. The third-order valence-corrected chi connectivity index (χ3v) is 12.6. The summed E-state index contributed by atoms with van der Waals surface area (Å²) in [6.07, 6.45) is -12.2. The van der Waals surface area contributed by atoms with Gasteiger partial charge in [0.1, 0.15) is 16.9 Å². The monoisotopic (exact) mass is 672 g/mol. The lowest BCUT2D eigenvalue weighted by Gasteiger charge is -2.43. The lowest BCUT2D eigenvalue weighted by atomic mass is 9.71. The molecular formula is C26H24F8N4O4S2. The van der Waals surface area contributed by atoms with E-state index in [4.69, 9.17) is 0 Å². The van der Waals surface area contributed by atoms with E-state index in [0.29, 0.717) is 6.07 Å². The van der Waals surface area contributed by atoms with Crippen LogP contribution in [-0.2, 0) is 36.7 Å². The summed E-state index contributed by atoms with van der Waals surface area (Å²) in [5, 5.41) is 5.20. The van der Waals surface area contributed by atoms with Crippen molar-refractivity contribution in [2.75, 3.05) is 0 Å². The Kier molecular flexibility index (Phi) is 7.68. The molecule has 1 fully saturated rings. The largest absolute Gasteiger partial charge is 0.435 e. The Morgan fingerprint density at radius 3 is 2.16 bits per heavy atom. The van der Waals surface area contributed by atoms with E-state index in [2.05, 4.69) is 19.9 Å². The minimum absolute atomic E-state index is 0.0739. The van der Waals surface area contributed by atoms with Crippen LogP contribution in [0.2, 0.25) is 0 Å². The van der Waals surface area contributed by atoms with Gasteiger partial charge in [0.2, 0.25) is 0 Å². The fourth-order valence-corrected chi connectivity index (χ4v) is 10.4. The maximum Gasteiger partial charge on any atom is 0.435 e. The number of sulfonamides is 1. The second kappa shape index (κ2) is 10.5. The summed E-state index contributed by atoms with van der Waals surface area (Å²) in [5.41, 5.74) is -7.82. The molecule has 2 aliphatic carbocycles. The minimum Gasteiger partial charge on any atom is -0.249 e. The first-order valence-corrected chi connectivity index (χ1v) is 16.1. The number of H-pyrrole nitrogens is 1. The van der Waals surface area contributed by atoms with Crippen molar-refractivity contribution >= 4 is 19.9 Å². The predicted molar refractivity (Wildman–Crippen MR) is 137 cm³/mol. The SMILES string of the molecule is CC(NS(=O)(=O)c1ncn[nH]1)[C@@H]1CC[C@@]2(S(=O)(=O)c3ccc(F)cc3)c3ccc(C(F)(C(F)(F)F)C(F)(F)F)cc3CC[C@@H]12. The van der Waals surface area contributed by atoms with Gasteiger partial charge >= 0.3 is 18.0 Å². The van der Waals surface area contributed by atoms with Crippen molar-refractivity contribution in [1.29, 1.82) is 0 Å². The predicted octanol–water partition coefficient (Wildman–Crippen LogP) is 5.24. The highest BCUT2D eigenvalue weighted by Crippen LogP contribution is 2.61. The number of nitrogens with zero attached hydrogens (tertiary/aromatic N) is 2. The van der Waals surface area contributed by atoms with E-state index in [0.717, 1.165) is 36.7 Å². The normalized spacial score (nSPS) is 23.7. The lowest BCUT2D eigenvalue weighted by molar-refractivity contribution is -0.348. The van der Waals surface area contributed by atoms with Gasteiger partial charge in [0, 0.05) is 11.6 Å². The summed E-state index contributed by atoms with van der Waals surface area (Å²) in [4.78, 5) is 3.25. The number of aromatic nitrogens is 3. The van der Waals surface area contributed by atoms with Crippen molar-refractivity contribution in [3.05, 3.63) is 71.3 Å². The number of rotatable bonds is 7. The number of nitrogens with one attached hydrogen (secondary N) is 2. The van der Waals surface area contributed by atoms with Crippen LogP contribution in [0, 0.1) is 17.7 Å². The molecule has 5 rings (SSSR count). The fourth-order valence-electron chi connectivity index (χ4n) is 6.73. The van der Waals surface area contributed by atoms with E-state index >= 15 is 0 Å². The van der Waals surface area contributed by atoms with E-state index in [1.54, 1.807) is 0 Å². The highest BCUT2D eigenvalue weighted by atomic mass is 32.2. The van der Waals surface area contributed by atoms with Gasteiger partial charge in [-0.3, -0.25) is 0 Å². The van der Waals surface area contributed by atoms with Crippen molar-refractivity contribution in [2.24, 2.45) is 11.8 Å². The van der Waals surface area contributed by atoms with Gasteiger partial charge in [-0.25, -0.2) is 40.4 Å². The number of aryl methyl sites for hydroxylation is 1. The molecule has 1 aromatic heterocycles. The van der Waals surface area contributed by atoms with Crippen molar-refractivity contribution < 1.29 is 52.0 Å². The topological polar surface area (TPSA) is 122 Å². The second-order valence-corrected chi connectivity index (χ2v) is 14.8. The number of fused-ring (bicyclic) bond motifs is 3. The van der Waals surface area contributed by atoms with Crippen LogP contribution in [0.25, 0.3) is 0 Å². The number of halogens is 8. The Balaban J connectivity index is 1.65. The fraction of sp³-hybridized carbons (Fsp3) is 0.462. The Morgan fingerprint density at radius 2 is 1.59 bits per heavy atom. The van der Waals surface area contributed by atoms with Crippen LogP contribution in [-0.4, -0.2) is 50.4 Å². The van der Waals surface area contributed by atoms with Crippen LogP contribution in [0.3, 0.4) is 0 Å². The van der Waals surface area contributed by atoms with Gasteiger partial charge in [-0.2, -0.15) is 31.4 Å². The van der Waals surface area contributed by atoms with Crippen LogP contribution in [0.4, 0.5) is 35.1 Å². The quantitative estimate of drug-likeness (QED) is 0.262. The first-order valence-electron chi connectivity index (χ1n) is 13.1. The molecule has 0 bridgehead atoms. The third kappa shape index (κ3) is 4.79. The van der Waals surface area contributed by atoms with E-state index in [-0.39, 0.29) is 47.8 Å². The highest BCUT2D eigenvalue weighted by Gasteiger charge is 2.73. The molecule has 8 nitrogen and oxygen atoms in total. The maximum atomic E-state index is 15.0. The molecular weight excluding hydrogens is 648 g/mol. The molecule has 0 saturated heterocycles. The molecule has 0 aliphatic heterocycles. The molecule has 1 saturated carbocycles. The van der Waals surface area contributed by atoms with Gasteiger partial charge < -0.3 is 0 Å². The molecule has 0 radical (unpaired) electrons. The zero-order valence-electron chi connectivity index (χ0n) is 22.5. The molecule has 18 heteroatoms. The zero-order valence-corrected chi connectivity index (χ0v) is 24.2. The average molecular weight is 673 g/mol. The zero-order chi connectivity index (χ0) is 32.5. The van der Waals surface area contributed by atoms with Crippen LogP contribution in [0.5, 0.6) is 0 Å². The van der Waals surface area contributed by atoms with Gasteiger partial charge in [-0.1, -0.05) is 18.2 Å². The number of alkyl halides is 7. The van der Waals surface area contributed by atoms with Gasteiger partial charge in [0.05, 0.1) is 4.90 Å². The van der Waals surface area contributed by atoms with Gasteiger partial charge in [0.25, 0.3) is 15.2 Å². The molecule has 3 aromatic rings. The molecule has 0 amide bonds. The van der Waals surface area contributed by atoms with Crippen molar-refractivity contribution in [3.8, 4) is 0 Å². The van der Waals surface area contributed by atoms with Gasteiger partial charge in [-0.05, 0) is 79.8 Å². The minimum atomic E-state index is -6.37. The molecule has 2 aromatic carbocycles. The maximum absolute atomic E-state index is 15.0. The molecule has 0 spiro atoms. The second-order valence-electron chi connectivity index (χ2n) is 10.9. The molecule has 4 atom stereocenters. The van der Waals surface area contributed by atoms with Crippen LogP contribution < -0.4 is 4.72 Å². The van der Waals surface area contributed by atoms with Crippen molar-refractivity contribution in [3.63, 3.8) is 0 Å². The third-order valence-electron chi connectivity index (χ3n) is 8.66. The van der Waals surface area contributed by atoms with E-state index in [1.165, 1.54) is 6.92 Å². The van der Waals surface area contributed by atoms with Gasteiger partial charge in [-0.15, -0.1) is 0 Å². The van der Waals surface area contributed by atoms with Crippen LogP contribution >= 0.6 is 0 Å². The van der Waals surface area contributed by atoms with E-state index < -0.39 is 77.0 Å². The van der Waals surface area contributed by atoms with Crippen LogP contribution in [0.15, 0.2) is 58.8 Å². The Hall–Kier alpha value is -3.12. The number of aromatic amines is 1.